The van der Waals surface area contributed by atoms with Gasteiger partial charge in [0.05, 0.1) is 12.2 Å². The molecule has 0 bridgehead atoms. The van der Waals surface area contributed by atoms with E-state index in [2.05, 4.69) is 15.5 Å². The lowest BCUT2D eigenvalue weighted by Crippen LogP contribution is -2.14. The third kappa shape index (κ3) is 3.26. The molecule has 0 aliphatic heterocycles. The van der Waals surface area contributed by atoms with Crippen LogP contribution in [-0.4, -0.2) is 33.2 Å². The molecule has 0 spiro atoms. The minimum absolute atomic E-state index is 0.289. The Morgan fingerprint density at radius 1 is 1.22 bits per heavy atom. The quantitative estimate of drug-likeness (QED) is 0.848. The molecule has 0 saturated carbocycles. The summed E-state index contributed by atoms with van der Waals surface area (Å²) in [6.45, 7) is 9.93. The summed E-state index contributed by atoms with van der Waals surface area (Å²) in [4.78, 5) is 24.8. The average molecular weight is 336 g/mol. The summed E-state index contributed by atoms with van der Waals surface area (Å²) in [5.74, 6) is -0.713. The van der Waals surface area contributed by atoms with Gasteiger partial charge >= 0.3 is 5.97 Å². The molecule has 23 heavy (non-hydrogen) atoms. The zero-order valence-corrected chi connectivity index (χ0v) is 14.7. The maximum absolute atomic E-state index is 12.6. The molecule has 2 rings (SSSR count). The molecular weight excluding hydrogens is 316 g/mol. The molecule has 8 heteroatoms. The summed E-state index contributed by atoms with van der Waals surface area (Å²) in [6.07, 6.45) is 0. The predicted octanol–water partition coefficient (Wildman–Crippen LogP) is 2.71. The highest BCUT2D eigenvalue weighted by Gasteiger charge is 2.27. The van der Waals surface area contributed by atoms with Gasteiger partial charge in [0.2, 0.25) is 5.13 Å². The fraction of sp³-hybridized carbons (Fsp3) is 0.467. The van der Waals surface area contributed by atoms with E-state index in [1.165, 1.54) is 11.3 Å². The third-order valence-corrected chi connectivity index (χ3v) is 4.28. The maximum Gasteiger partial charge on any atom is 0.355 e. The van der Waals surface area contributed by atoms with Crippen molar-refractivity contribution in [1.29, 1.82) is 0 Å². The van der Waals surface area contributed by atoms with E-state index >= 15 is 0 Å². The second kappa shape index (κ2) is 6.91. The molecule has 0 unspecified atom stereocenters. The topological polar surface area (TPSA) is 86.1 Å². The van der Waals surface area contributed by atoms with E-state index in [1.807, 2.05) is 20.8 Å². The number of anilines is 1. The van der Waals surface area contributed by atoms with E-state index in [-0.39, 0.29) is 12.5 Å². The fourth-order valence-electron chi connectivity index (χ4n) is 2.59. The third-order valence-electron chi connectivity index (χ3n) is 3.53. The van der Waals surface area contributed by atoms with Crippen LogP contribution < -0.4 is 5.32 Å². The van der Waals surface area contributed by atoms with Gasteiger partial charge in [-0.05, 0) is 40.2 Å². The van der Waals surface area contributed by atoms with Crippen LogP contribution in [0, 0.1) is 20.8 Å². The number of aromatic nitrogens is 3. The van der Waals surface area contributed by atoms with Crippen molar-refractivity contribution in [3.63, 3.8) is 0 Å². The van der Waals surface area contributed by atoms with Crippen molar-refractivity contribution in [2.45, 2.75) is 41.2 Å². The Labute approximate surface area is 138 Å². The van der Waals surface area contributed by atoms with E-state index in [9.17, 15) is 9.59 Å². The summed E-state index contributed by atoms with van der Waals surface area (Å²) in [7, 11) is 0. The summed E-state index contributed by atoms with van der Waals surface area (Å²) in [6, 6.07) is 0. The number of hydrogen-bond acceptors (Lipinski definition) is 6. The fourth-order valence-corrected chi connectivity index (χ4v) is 3.18. The van der Waals surface area contributed by atoms with Gasteiger partial charge in [0.1, 0.15) is 10.7 Å². The number of nitrogens with zero attached hydrogens (tertiary/aromatic N) is 3. The van der Waals surface area contributed by atoms with Crippen molar-refractivity contribution in [1.82, 2.24) is 14.8 Å². The van der Waals surface area contributed by atoms with E-state index in [4.69, 9.17) is 4.74 Å². The Balaban J connectivity index is 2.42. The van der Waals surface area contributed by atoms with Crippen LogP contribution in [0.15, 0.2) is 0 Å². The summed E-state index contributed by atoms with van der Waals surface area (Å²) in [5, 5.41) is 11.7. The van der Waals surface area contributed by atoms with E-state index in [0.717, 1.165) is 10.7 Å². The molecule has 1 N–H and O–H groups in total. The Bertz CT molecular complexity index is 748. The largest absolute Gasteiger partial charge is 0.461 e. The van der Waals surface area contributed by atoms with Gasteiger partial charge in [0, 0.05) is 12.2 Å². The molecule has 2 aromatic rings. The predicted molar refractivity (Wildman–Crippen MR) is 88.1 cm³/mol. The second-order valence-electron chi connectivity index (χ2n) is 4.98. The molecule has 2 aromatic heterocycles. The Kier molecular flexibility index (Phi) is 5.15. The van der Waals surface area contributed by atoms with Crippen molar-refractivity contribution in [2.75, 3.05) is 11.9 Å². The normalized spacial score (nSPS) is 10.7. The Morgan fingerprint density at radius 2 is 1.91 bits per heavy atom. The van der Waals surface area contributed by atoms with Gasteiger partial charge in [-0.3, -0.25) is 10.1 Å². The first kappa shape index (κ1) is 17.1. The number of amides is 1. The molecule has 0 aliphatic carbocycles. The first-order valence-electron chi connectivity index (χ1n) is 7.38. The minimum Gasteiger partial charge on any atom is -0.461 e. The highest BCUT2D eigenvalue weighted by Crippen LogP contribution is 2.25. The van der Waals surface area contributed by atoms with Gasteiger partial charge in [0.25, 0.3) is 5.91 Å². The molecule has 0 radical (unpaired) electrons. The van der Waals surface area contributed by atoms with Crippen LogP contribution >= 0.6 is 11.3 Å². The van der Waals surface area contributed by atoms with Crippen molar-refractivity contribution in [2.24, 2.45) is 0 Å². The first-order valence-corrected chi connectivity index (χ1v) is 8.20. The molecule has 7 nitrogen and oxygen atoms in total. The number of carbonyl (C=O) groups is 2. The Morgan fingerprint density at radius 3 is 2.43 bits per heavy atom. The van der Waals surface area contributed by atoms with Crippen LogP contribution in [-0.2, 0) is 11.3 Å². The van der Waals surface area contributed by atoms with Crippen molar-refractivity contribution < 1.29 is 14.3 Å². The molecule has 0 aliphatic rings. The lowest BCUT2D eigenvalue weighted by Gasteiger charge is -2.08. The lowest BCUT2D eigenvalue weighted by atomic mass is 10.1. The molecule has 2 heterocycles. The van der Waals surface area contributed by atoms with Gasteiger partial charge in [-0.1, -0.05) is 11.3 Å². The monoisotopic (exact) mass is 336 g/mol. The van der Waals surface area contributed by atoms with Gasteiger partial charge < -0.3 is 9.30 Å². The summed E-state index contributed by atoms with van der Waals surface area (Å²) >= 11 is 1.30. The number of rotatable bonds is 5. The van der Waals surface area contributed by atoms with Gasteiger partial charge in [-0.15, -0.1) is 10.2 Å². The van der Waals surface area contributed by atoms with Gasteiger partial charge in [-0.25, -0.2) is 4.79 Å². The molecule has 0 fully saturated rings. The molecule has 1 amide bonds. The number of ether oxygens (including phenoxy) is 1. The summed E-state index contributed by atoms with van der Waals surface area (Å²) in [5.41, 5.74) is 2.24. The zero-order valence-electron chi connectivity index (χ0n) is 13.9. The van der Waals surface area contributed by atoms with Gasteiger partial charge in [0.15, 0.2) is 0 Å². The molecule has 0 saturated heterocycles. The SMILES string of the molecule is CCOC(=O)c1c(C)c(C(=O)Nc2nnc(C)s2)c(C)n1CC. The molecule has 124 valence electrons. The van der Waals surface area contributed by atoms with Gasteiger partial charge in [-0.2, -0.15) is 0 Å². The van der Waals surface area contributed by atoms with Crippen LogP contribution in [0.25, 0.3) is 0 Å². The van der Waals surface area contributed by atoms with Crippen molar-refractivity contribution in [3.8, 4) is 0 Å². The Hall–Kier alpha value is -2.22. The number of hydrogen-bond donors (Lipinski definition) is 1. The standard InChI is InChI=1S/C15H20N4O3S/c1-6-19-9(4)11(8(3)12(19)14(21)22-7-2)13(20)16-15-18-17-10(5)23-15/h6-7H2,1-5H3,(H,16,18,20). The van der Waals surface area contributed by atoms with E-state index in [1.54, 1.807) is 18.4 Å². The number of nitrogens with one attached hydrogen (secondary N) is 1. The summed E-state index contributed by atoms with van der Waals surface area (Å²) < 4.78 is 6.91. The number of esters is 1. The minimum atomic E-state index is -0.416. The van der Waals surface area contributed by atoms with Crippen LogP contribution in [0.5, 0.6) is 0 Å². The van der Waals surface area contributed by atoms with Crippen LogP contribution in [0.1, 0.15) is 51.0 Å². The van der Waals surface area contributed by atoms with E-state index < -0.39 is 5.97 Å². The lowest BCUT2D eigenvalue weighted by molar-refractivity contribution is 0.0512. The smallest absolute Gasteiger partial charge is 0.355 e. The molecule has 0 atom stereocenters. The number of carbonyl (C=O) groups excluding carboxylic acids is 2. The first-order chi connectivity index (χ1) is 10.9. The van der Waals surface area contributed by atoms with Crippen molar-refractivity contribution in [3.05, 3.63) is 27.5 Å². The molecular formula is C15H20N4O3S. The maximum atomic E-state index is 12.6. The molecule has 0 aromatic carbocycles. The van der Waals surface area contributed by atoms with Crippen molar-refractivity contribution >= 4 is 28.3 Å². The number of aryl methyl sites for hydroxylation is 1. The van der Waals surface area contributed by atoms with Crippen LogP contribution in [0.2, 0.25) is 0 Å². The van der Waals surface area contributed by atoms with E-state index in [0.29, 0.717) is 28.5 Å². The zero-order chi connectivity index (χ0) is 17.1. The van der Waals surface area contributed by atoms with Crippen LogP contribution in [0.4, 0.5) is 5.13 Å². The second-order valence-corrected chi connectivity index (χ2v) is 6.16. The van der Waals surface area contributed by atoms with Crippen LogP contribution in [0.3, 0.4) is 0 Å². The average Bonchev–Trinajstić information content (AvgIpc) is 2.99. The highest BCUT2D eigenvalue weighted by atomic mass is 32.1. The highest BCUT2D eigenvalue weighted by molar-refractivity contribution is 7.15.